The van der Waals surface area contributed by atoms with Gasteiger partial charge in [0.15, 0.2) is 0 Å². The van der Waals surface area contributed by atoms with Gasteiger partial charge in [0.2, 0.25) is 0 Å². The highest BCUT2D eigenvalue weighted by Crippen LogP contribution is 2.33. The summed E-state index contributed by atoms with van der Waals surface area (Å²) in [5.74, 6) is 0.889. The van der Waals surface area contributed by atoms with Crippen molar-refractivity contribution >= 4 is 5.69 Å². The molecule has 1 aromatic rings. The van der Waals surface area contributed by atoms with Crippen molar-refractivity contribution in [3.63, 3.8) is 0 Å². The molecule has 1 heterocycles. The SMILES string of the molecule is C[C@@H]1Cc2cccc(N)c2O1. The fraction of sp³-hybridized carbons (Fsp3) is 0.333. The molecule has 0 aliphatic carbocycles. The zero-order chi connectivity index (χ0) is 7.84. The third-order valence-corrected chi connectivity index (χ3v) is 1.95. The lowest BCUT2D eigenvalue weighted by Crippen LogP contribution is -2.05. The number of anilines is 1. The summed E-state index contributed by atoms with van der Waals surface area (Å²) < 4.78 is 5.51. The fourth-order valence-corrected chi connectivity index (χ4v) is 1.46. The number of nitrogens with two attached hydrogens (primary N) is 1. The quantitative estimate of drug-likeness (QED) is 0.568. The van der Waals surface area contributed by atoms with Gasteiger partial charge in [-0.3, -0.25) is 0 Å². The molecule has 1 atom stereocenters. The van der Waals surface area contributed by atoms with Crippen LogP contribution in [0.5, 0.6) is 5.75 Å². The molecule has 0 bridgehead atoms. The van der Waals surface area contributed by atoms with Crippen LogP contribution >= 0.6 is 0 Å². The van der Waals surface area contributed by atoms with Crippen molar-refractivity contribution < 1.29 is 4.74 Å². The first kappa shape index (κ1) is 6.53. The standard InChI is InChI=1S/C9H11NO/c1-6-5-7-3-2-4-8(10)9(7)11-6/h2-4,6H,5,10H2,1H3/t6-/m1/s1. The number of fused-ring (bicyclic) bond motifs is 1. The summed E-state index contributed by atoms with van der Waals surface area (Å²) in [5.41, 5.74) is 7.70. The first-order valence-corrected chi connectivity index (χ1v) is 3.81. The Kier molecular flexibility index (Phi) is 1.28. The predicted molar refractivity (Wildman–Crippen MR) is 44.6 cm³/mol. The molecule has 11 heavy (non-hydrogen) atoms. The maximum atomic E-state index is 5.71. The molecule has 0 saturated heterocycles. The Morgan fingerprint density at radius 1 is 1.55 bits per heavy atom. The van der Waals surface area contributed by atoms with E-state index >= 15 is 0 Å². The maximum Gasteiger partial charge on any atom is 0.145 e. The van der Waals surface area contributed by atoms with Crippen molar-refractivity contribution in [1.82, 2.24) is 0 Å². The first-order valence-electron chi connectivity index (χ1n) is 3.81. The fourth-order valence-electron chi connectivity index (χ4n) is 1.46. The normalized spacial score (nSPS) is 21.0. The second kappa shape index (κ2) is 2.16. The molecule has 0 aromatic heterocycles. The van der Waals surface area contributed by atoms with Crippen molar-refractivity contribution in [2.24, 2.45) is 0 Å². The Labute approximate surface area is 66.0 Å². The summed E-state index contributed by atoms with van der Waals surface area (Å²) in [5, 5.41) is 0. The monoisotopic (exact) mass is 149 g/mol. The van der Waals surface area contributed by atoms with Crippen LogP contribution in [0.4, 0.5) is 5.69 Å². The topological polar surface area (TPSA) is 35.2 Å². The van der Waals surface area contributed by atoms with Gasteiger partial charge < -0.3 is 10.5 Å². The van der Waals surface area contributed by atoms with Crippen LogP contribution in [0.1, 0.15) is 12.5 Å². The highest BCUT2D eigenvalue weighted by Gasteiger charge is 2.19. The van der Waals surface area contributed by atoms with Crippen LogP contribution in [0.2, 0.25) is 0 Å². The van der Waals surface area contributed by atoms with Crippen molar-refractivity contribution in [2.75, 3.05) is 5.73 Å². The number of ether oxygens (including phenoxy) is 1. The van der Waals surface area contributed by atoms with Gasteiger partial charge in [0, 0.05) is 6.42 Å². The van der Waals surface area contributed by atoms with Crippen molar-refractivity contribution in [1.29, 1.82) is 0 Å². The smallest absolute Gasteiger partial charge is 0.145 e. The van der Waals surface area contributed by atoms with E-state index in [2.05, 4.69) is 13.0 Å². The lowest BCUT2D eigenvalue weighted by Gasteiger charge is -2.04. The molecular weight excluding hydrogens is 138 g/mol. The Morgan fingerprint density at radius 3 is 3.09 bits per heavy atom. The molecule has 1 aliphatic heterocycles. The van der Waals surface area contributed by atoms with Gasteiger partial charge in [-0.05, 0) is 18.6 Å². The van der Waals surface area contributed by atoms with E-state index < -0.39 is 0 Å². The van der Waals surface area contributed by atoms with E-state index in [4.69, 9.17) is 10.5 Å². The lowest BCUT2D eigenvalue weighted by atomic mass is 10.1. The number of rotatable bonds is 0. The molecule has 0 spiro atoms. The van der Waals surface area contributed by atoms with Crippen LogP contribution in [0, 0.1) is 0 Å². The average Bonchev–Trinajstić information content (AvgIpc) is 2.31. The van der Waals surface area contributed by atoms with Crippen molar-refractivity contribution in [3.05, 3.63) is 23.8 Å². The van der Waals surface area contributed by atoms with E-state index in [0.29, 0.717) is 0 Å². The number of benzene rings is 1. The van der Waals surface area contributed by atoms with Gasteiger partial charge >= 0.3 is 0 Å². The third kappa shape index (κ3) is 0.946. The molecule has 0 unspecified atom stereocenters. The molecule has 2 nitrogen and oxygen atoms in total. The Hall–Kier alpha value is -1.18. The minimum absolute atomic E-state index is 0.287. The van der Waals surface area contributed by atoms with Crippen LogP contribution < -0.4 is 10.5 Å². The van der Waals surface area contributed by atoms with Gasteiger partial charge in [0.05, 0.1) is 5.69 Å². The molecule has 58 valence electrons. The van der Waals surface area contributed by atoms with Gasteiger partial charge in [0.1, 0.15) is 11.9 Å². The van der Waals surface area contributed by atoms with Crippen molar-refractivity contribution in [2.45, 2.75) is 19.4 Å². The molecule has 2 rings (SSSR count). The van der Waals surface area contributed by atoms with Crippen LogP contribution in [0.15, 0.2) is 18.2 Å². The third-order valence-electron chi connectivity index (χ3n) is 1.95. The van der Waals surface area contributed by atoms with Gasteiger partial charge in [-0.1, -0.05) is 12.1 Å². The molecule has 0 fully saturated rings. The highest BCUT2D eigenvalue weighted by molar-refractivity contribution is 5.58. The van der Waals surface area contributed by atoms with Crippen LogP contribution in [-0.2, 0) is 6.42 Å². The summed E-state index contributed by atoms with van der Waals surface area (Å²) in [6.07, 6.45) is 1.27. The molecule has 2 N–H and O–H groups in total. The van der Waals surface area contributed by atoms with E-state index in [0.717, 1.165) is 17.9 Å². The Balaban J connectivity index is 2.49. The van der Waals surface area contributed by atoms with E-state index in [1.165, 1.54) is 5.56 Å². The molecular formula is C9H11NO. The van der Waals surface area contributed by atoms with Crippen LogP contribution in [0.3, 0.4) is 0 Å². The lowest BCUT2D eigenvalue weighted by molar-refractivity contribution is 0.256. The molecule has 0 radical (unpaired) electrons. The second-order valence-electron chi connectivity index (χ2n) is 2.97. The van der Waals surface area contributed by atoms with E-state index in [-0.39, 0.29) is 6.10 Å². The minimum atomic E-state index is 0.287. The highest BCUT2D eigenvalue weighted by atomic mass is 16.5. The summed E-state index contributed by atoms with van der Waals surface area (Å²) in [6.45, 7) is 2.06. The number of para-hydroxylation sites is 1. The molecule has 1 aromatic carbocycles. The predicted octanol–water partition coefficient (Wildman–Crippen LogP) is 1.59. The summed E-state index contributed by atoms with van der Waals surface area (Å²) >= 11 is 0. The van der Waals surface area contributed by atoms with E-state index in [1.807, 2.05) is 12.1 Å². The molecule has 1 aliphatic rings. The summed E-state index contributed by atoms with van der Waals surface area (Å²) in [6, 6.07) is 5.90. The van der Waals surface area contributed by atoms with Gasteiger partial charge in [-0.25, -0.2) is 0 Å². The summed E-state index contributed by atoms with van der Waals surface area (Å²) in [7, 11) is 0. The van der Waals surface area contributed by atoms with Crippen molar-refractivity contribution in [3.8, 4) is 5.75 Å². The second-order valence-corrected chi connectivity index (χ2v) is 2.97. The maximum absolute atomic E-state index is 5.71. The van der Waals surface area contributed by atoms with Gasteiger partial charge in [-0.15, -0.1) is 0 Å². The zero-order valence-electron chi connectivity index (χ0n) is 6.50. The minimum Gasteiger partial charge on any atom is -0.488 e. The Bertz CT molecular complexity index is 283. The number of hydrogen-bond acceptors (Lipinski definition) is 2. The molecule has 0 saturated carbocycles. The van der Waals surface area contributed by atoms with Gasteiger partial charge in [0.25, 0.3) is 0 Å². The average molecular weight is 149 g/mol. The number of nitrogen functional groups attached to an aromatic ring is 1. The van der Waals surface area contributed by atoms with E-state index in [9.17, 15) is 0 Å². The Morgan fingerprint density at radius 2 is 2.36 bits per heavy atom. The van der Waals surface area contributed by atoms with Crippen LogP contribution in [-0.4, -0.2) is 6.10 Å². The largest absolute Gasteiger partial charge is 0.488 e. The molecule has 2 heteroatoms. The van der Waals surface area contributed by atoms with Gasteiger partial charge in [-0.2, -0.15) is 0 Å². The van der Waals surface area contributed by atoms with Crippen LogP contribution in [0.25, 0.3) is 0 Å². The first-order chi connectivity index (χ1) is 5.27. The number of hydrogen-bond donors (Lipinski definition) is 1. The van der Waals surface area contributed by atoms with E-state index in [1.54, 1.807) is 0 Å². The summed E-state index contributed by atoms with van der Waals surface area (Å²) in [4.78, 5) is 0. The molecule has 0 amide bonds. The zero-order valence-corrected chi connectivity index (χ0v) is 6.50.